The predicted molar refractivity (Wildman–Crippen MR) is 41.6 cm³/mol. The van der Waals surface area contributed by atoms with Crippen molar-refractivity contribution in [1.82, 2.24) is 0 Å². The smallest absolute Gasteiger partial charge is 0.0330 e. The average molecular weight is 126 g/mol. The van der Waals surface area contributed by atoms with Crippen LogP contribution in [0.3, 0.4) is 0 Å². The van der Waals surface area contributed by atoms with Crippen molar-refractivity contribution in [3.05, 3.63) is 11.8 Å². The molecular formula is C7H14N2. The summed E-state index contributed by atoms with van der Waals surface area (Å²) in [5.74, 6) is 0. The van der Waals surface area contributed by atoms with Crippen molar-refractivity contribution in [3.63, 3.8) is 0 Å². The zero-order valence-corrected chi connectivity index (χ0v) is 6.31. The summed E-state index contributed by atoms with van der Waals surface area (Å²) < 4.78 is 0. The third kappa shape index (κ3) is 3.76. The molecule has 0 atom stereocenters. The van der Waals surface area contributed by atoms with Crippen molar-refractivity contribution in [2.45, 2.75) is 20.3 Å². The zero-order chi connectivity index (χ0) is 7.28. The maximum Gasteiger partial charge on any atom is 0.0330 e. The maximum absolute atomic E-state index is 5.53. The number of allylic oxidation sites excluding steroid dienone is 2. The molecule has 0 spiro atoms. The van der Waals surface area contributed by atoms with E-state index in [1.807, 2.05) is 19.9 Å². The highest BCUT2D eigenvalue weighted by atomic mass is 14.7. The molecule has 0 aliphatic heterocycles. The van der Waals surface area contributed by atoms with Crippen molar-refractivity contribution in [1.29, 1.82) is 0 Å². The lowest BCUT2D eigenvalue weighted by atomic mass is 10.3. The Morgan fingerprint density at radius 2 is 2.22 bits per heavy atom. The van der Waals surface area contributed by atoms with Crippen LogP contribution in [0.25, 0.3) is 0 Å². The quantitative estimate of drug-likeness (QED) is 0.557. The number of hydrogen-bond donors (Lipinski definition) is 1. The summed E-state index contributed by atoms with van der Waals surface area (Å²) in [7, 11) is 1.76. The van der Waals surface area contributed by atoms with Gasteiger partial charge in [-0.1, -0.05) is 6.92 Å². The van der Waals surface area contributed by atoms with Gasteiger partial charge in [-0.2, -0.15) is 0 Å². The zero-order valence-electron chi connectivity index (χ0n) is 6.31. The van der Waals surface area contributed by atoms with Crippen LogP contribution in [0.15, 0.2) is 16.8 Å². The first kappa shape index (κ1) is 8.21. The summed E-state index contributed by atoms with van der Waals surface area (Å²) in [5, 5.41) is 0. The second kappa shape index (κ2) is 4.13. The molecule has 2 nitrogen and oxygen atoms in total. The van der Waals surface area contributed by atoms with Gasteiger partial charge in [0, 0.05) is 18.5 Å². The van der Waals surface area contributed by atoms with Gasteiger partial charge in [-0.3, -0.25) is 4.99 Å². The molecule has 0 aromatic rings. The number of rotatable bonds is 2. The Labute approximate surface area is 56.5 Å². The molecule has 0 aromatic heterocycles. The molecule has 0 unspecified atom stereocenters. The molecule has 9 heavy (non-hydrogen) atoms. The van der Waals surface area contributed by atoms with E-state index in [1.54, 1.807) is 7.05 Å². The SMILES string of the molecule is CC/C(N)=C\C(C)=NC. The molecule has 2 heteroatoms. The molecule has 0 saturated carbocycles. The van der Waals surface area contributed by atoms with Gasteiger partial charge in [-0.05, 0) is 19.4 Å². The van der Waals surface area contributed by atoms with E-state index in [0.717, 1.165) is 17.8 Å². The lowest BCUT2D eigenvalue weighted by Crippen LogP contribution is -1.98. The Morgan fingerprint density at radius 3 is 2.56 bits per heavy atom. The van der Waals surface area contributed by atoms with Gasteiger partial charge in [-0.25, -0.2) is 0 Å². The Morgan fingerprint density at radius 1 is 1.67 bits per heavy atom. The summed E-state index contributed by atoms with van der Waals surface area (Å²) in [6, 6.07) is 0. The van der Waals surface area contributed by atoms with Gasteiger partial charge < -0.3 is 5.73 Å². The monoisotopic (exact) mass is 126 g/mol. The summed E-state index contributed by atoms with van der Waals surface area (Å²) in [4.78, 5) is 3.94. The fraction of sp³-hybridized carbons (Fsp3) is 0.571. The third-order valence-corrected chi connectivity index (χ3v) is 1.16. The second-order valence-corrected chi connectivity index (χ2v) is 1.94. The highest BCUT2D eigenvalue weighted by Crippen LogP contribution is 1.90. The highest BCUT2D eigenvalue weighted by molar-refractivity contribution is 5.93. The van der Waals surface area contributed by atoms with E-state index in [1.165, 1.54) is 0 Å². The van der Waals surface area contributed by atoms with Crippen molar-refractivity contribution >= 4 is 5.71 Å². The Bertz CT molecular complexity index is 134. The first-order chi connectivity index (χ1) is 4.20. The van der Waals surface area contributed by atoms with E-state index in [4.69, 9.17) is 5.73 Å². The van der Waals surface area contributed by atoms with Crippen LogP contribution in [-0.4, -0.2) is 12.8 Å². The van der Waals surface area contributed by atoms with Gasteiger partial charge in [0.15, 0.2) is 0 Å². The van der Waals surface area contributed by atoms with Gasteiger partial charge >= 0.3 is 0 Å². The molecular weight excluding hydrogens is 112 g/mol. The lowest BCUT2D eigenvalue weighted by Gasteiger charge is -1.93. The molecule has 0 aliphatic rings. The molecule has 0 radical (unpaired) electrons. The summed E-state index contributed by atoms with van der Waals surface area (Å²) in [6.45, 7) is 3.96. The van der Waals surface area contributed by atoms with E-state index < -0.39 is 0 Å². The first-order valence-electron chi connectivity index (χ1n) is 3.10. The second-order valence-electron chi connectivity index (χ2n) is 1.94. The number of nitrogens with zero attached hydrogens (tertiary/aromatic N) is 1. The van der Waals surface area contributed by atoms with Crippen LogP contribution < -0.4 is 5.73 Å². The largest absolute Gasteiger partial charge is 0.402 e. The summed E-state index contributed by atoms with van der Waals surface area (Å²) in [6.07, 6.45) is 2.78. The van der Waals surface area contributed by atoms with Crippen LogP contribution in [-0.2, 0) is 0 Å². The minimum absolute atomic E-state index is 0.887. The fourth-order valence-electron chi connectivity index (χ4n) is 0.435. The van der Waals surface area contributed by atoms with Gasteiger partial charge in [0.2, 0.25) is 0 Å². The van der Waals surface area contributed by atoms with Crippen LogP contribution in [0.2, 0.25) is 0 Å². The summed E-state index contributed by atoms with van der Waals surface area (Å²) in [5.41, 5.74) is 7.40. The molecule has 0 bridgehead atoms. The molecule has 0 heterocycles. The first-order valence-corrected chi connectivity index (χ1v) is 3.10. The minimum atomic E-state index is 0.887. The van der Waals surface area contributed by atoms with Crippen molar-refractivity contribution < 1.29 is 0 Å². The highest BCUT2D eigenvalue weighted by Gasteiger charge is 1.84. The van der Waals surface area contributed by atoms with Crippen LogP contribution in [0.1, 0.15) is 20.3 Å². The molecule has 0 amide bonds. The average Bonchev–Trinajstić information content (AvgIpc) is 1.87. The fourth-order valence-corrected chi connectivity index (χ4v) is 0.435. The van der Waals surface area contributed by atoms with E-state index in [2.05, 4.69) is 4.99 Å². The Kier molecular flexibility index (Phi) is 3.76. The number of aliphatic imine (C=N–C) groups is 1. The van der Waals surface area contributed by atoms with Crippen LogP contribution in [0.5, 0.6) is 0 Å². The van der Waals surface area contributed by atoms with Crippen LogP contribution >= 0.6 is 0 Å². The molecule has 0 aliphatic carbocycles. The molecule has 0 fully saturated rings. The van der Waals surface area contributed by atoms with E-state index in [0.29, 0.717) is 0 Å². The standard InChI is InChI=1S/C7H14N2/c1-4-7(8)5-6(2)9-3/h5H,4,8H2,1-3H3/b7-5+,9-6?. The van der Waals surface area contributed by atoms with Gasteiger partial charge in [0.25, 0.3) is 0 Å². The van der Waals surface area contributed by atoms with Crippen molar-refractivity contribution in [2.24, 2.45) is 10.7 Å². The van der Waals surface area contributed by atoms with Crippen LogP contribution in [0.4, 0.5) is 0 Å². The molecule has 0 saturated heterocycles. The molecule has 52 valence electrons. The Balaban J connectivity index is 3.95. The lowest BCUT2D eigenvalue weighted by molar-refractivity contribution is 1.07. The van der Waals surface area contributed by atoms with Crippen molar-refractivity contribution in [3.8, 4) is 0 Å². The van der Waals surface area contributed by atoms with Gasteiger partial charge in [-0.15, -0.1) is 0 Å². The third-order valence-electron chi connectivity index (χ3n) is 1.16. The predicted octanol–water partition coefficient (Wildman–Crippen LogP) is 1.33. The minimum Gasteiger partial charge on any atom is -0.402 e. The molecule has 0 aromatic carbocycles. The maximum atomic E-state index is 5.53. The van der Waals surface area contributed by atoms with E-state index >= 15 is 0 Å². The normalized spacial score (nSPS) is 14.1. The molecule has 0 rings (SSSR count). The van der Waals surface area contributed by atoms with E-state index in [-0.39, 0.29) is 0 Å². The number of nitrogens with two attached hydrogens (primary N) is 1. The Hall–Kier alpha value is -0.790. The number of hydrogen-bond acceptors (Lipinski definition) is 2. The van der Waals surface area contributed by atoms with Crippen molar-refractivity contribution in [2.75, 3.05) is 7.05 Å². The van der Waals surface area contributed by atoms with E-state index in [9.17, 15) is 0 Å². The van der Waals surface area contributed by atoms with Gasteiger partial charge in [0.1, 0.15) is 0 Å². The molecule has 2 N–H and O–H groups in total. The summed E-state index contributed by atoms with van der Waals surface area (Å²) >= 11 is 0. The topological polar surface area (TPSA) is 38.4 Å². The van der Waals surface area contributed by atoms with Gasteiger partial charge in [0.05, 0.1) is 0 Å². The van der Waals surface area contributed by atoms with Crippen LogP contribution in [0, 0.1) is 0 Å².